The van der Waals surface area contributed by atoms with Crippen LogP contribution in [0.5, 0.6) is 0 Å². The molecule has 4 heteroatoms. The van der Waals surface area contributed by atoms with E-state index in [-0.39, 0.29) is 12.4 Å². The fourth-order valence-corrected chi connectivity index (χ4v) is 1.32. The van der Waals surface area contributed by atoms with Crippen molar-refractivity contribution < 1.29 is 9.53 Å². The summed E-state index contributed by atoms with van der Waals surface area (Å²) in [5.41, 5.74) is 1.57. The average molecular weight is 214 g/mol. The monoisotopic (exact) mass is 213 g/mol. The fourth-order valence-electron chi connectivity index (χ4n) is 1.13. The molecule has 0 aromatic heterocycles. The lowest BCUT2D eigenvalue weighted by molar-refractivity contribution is -0.142. The van der Waals surface area contributed by atoms with Crippen LogP contribution in [-0.2, 0) is 16.0 Å². The molecule has 76 valence electrons. The molecule has 0 bridgehead atoms. The molecule has 1 N–H and O–H groups in total. The zero-order valence-corrected chi connectivity index (χ0v) is 8.67. The van der Waals surface area contributed by atoms with Crippen LogP contribution in [0, 0.1) is 0 Å². The molecule has 0 spiro atoms. The lowest BCUT2D eigenvalue weighted by atomic mass is 10.1. The van der Waals surface area contributed by atoms with Gasteiger partial charge < -0.3 is 4.74 Å². The van der Waals surface area contributed by atoms with E-state index in [9.17, 15) is 4.79 Å². The van der Waals surface area contributed by atoms with E-state index in [1.807, 2.05) is 24.3 Å². The Morgan fingerprint density at radius 2 is 2.21 bits per heavy atom. The number of anilines is 1. The van der Waals surface area contributed by atoms with Crippen molar-refractivity contribution >= 4 is 23.4 Å². The summed E-state index contributed by atoms with van der Waals surface area (Å²) in [5.74, 6) is -0.244. The van der Waals surface area contributed by atoms with Crippen LogP contribution in [0.1, 0.15) is 12.5 Å². The first-order chi connectivity index (χ1) is 6.77. The second-order valence-electron chi connectivity index (χ2n) is 2.73. The number of rotatable bonds is 4. The van der Waals surface area contributed by atoms with Gasteiger partial charge in [0.15, 0.2) is 0 Å². The van der Waals surface area contributed by atoms with Gasteiger partial charge in [-0.2, -0.15) is 0 Å². The molecule has 0 amide bonds. The smallest absolute Gasteiger partial charge is 0.310 e. The van der Waals surface area contributed by atoms with Gasteiger partial charge >= 0.3 is 5.97 Å². The number of hydrogen-bond acceptors (Lipinski definition) is 3. The summed E-state index contributed by atoms with van der Waals surface area (Å²) in [6.45, 7) is 2.18. The molecule has 1 aromatic rings. The number of benzene rings is 1. The van der Waals surface area contributed by atoms with E-state index in [4.69, 9.17) is 16.5 Å². The molecule has 0 aliphatic heterocycles. The van der Waals surface area contributed by atoms with Crippen LogP contribution in [0.15, 0.2) is 24.3 Å². The maximum Gasteiger partial charge on any atom is 0.310 e. The van der Waals surface area contributed by atoms with E-state index in [2.05, 4.69) is 4.84 Å². The van der Waals surface area contributed by atoms with Crippen LogP contribution in [-0.4, -0.2) is 12.6 Å². The van der Waals surface area contributed by atoms with Crippen LogP contribution < -0.4 is 4.84 Å². The summed E-state index contributed by atoms with van der Waals surface area (Å²) in [7, 11) is 0. The van der Waals surface area contributed by atoms with E-state index < -0.39 is 0 Å². The van der Waals surface area contributed by atoms with Gasteiger partial charge in [-0.05, 0) is 18.6 Å². The van der Waals surface area contributed by atoms with E-state index >= 15 is 0 Å². The van der Waals surface area contributed by atoms with E-state index in [1.165, 1.54) is 0 Å². The van der Waals surface area contributed by atoms with E-state index in [1.54, 1.807) is 6.92 Å². The third-order valence-electron chi connectivity index (χ3n) is 1.76. The number of hydrogen-bond donors (Lipinski definition) is 1. The van der Waals surface area contributed by atoms with Gasteiger partial charge in [-0.15, -0.1) is 0 Å². The molecule has 0 heterocycles. The lowest BCUT2D eigenvalue weighted by Crippen LogP contribution is -2.08. The van der Waals surface area contributed by atoms with Crippen molar-refractivity contribution in [3.05, 3.63) is 29.8 Å². The quantitative estimate of drug-likeness (QED) is 0.617. The minimum Gasteiger partial charge on any atom is -0.466 e. The van der Waals surface area contributed by atoms with Crippen LogP contribution in [0.2, 0.25) is 0 Å². The Hall–Kier alpha value is -1.22. The summed E-state index contributed by atoms with van der Waals surface area (Å²) < 4.78 is 4.84. The third kappa shape index (κ3) is 2.92. The number of ether oxygens (including phenoxy) is 1. The van der Waals surface area contributed by atoms with Gasteiger partial charge in [0.1, 0.15) is 0 Å². The molecule has 14 heavy (non-hydrogen) atoms. The second kappa shape index (κ2) is 5.50. The molecule has 0 aliphatic carbocycles. The second-order valence-corrected chi connectivity index (χ2v) is 2.92. The zero-order valence-electron chi connectivity index (χ0n) is 7.92. The normalized spacial score (nSPS) is 9.57. The number of para-hydroxylation sites is 1. The van der Waals surface area contributed by atoms with Gasteiger partial charge in [0, 0.05) is 11.8 Å². The SMILES string of the molecule is CCOC(=O)Cc1ccccc1NCl. The Morgan fingerprint density at radius 1 is 1.50 bits per heavy atom. The molecule has 3 nitrogen and oxygen atoms in total. The third-order valence-corrected chi connectivity index (χ3v) is 1.96. The van der Waals surface area contributed by atoms with Crippen molar-refractivity contribution in [3.8, 4) is 0 Å². The molecule has 0 radical (unpaired) electrons. The maximum atomic E-state index is 11.2. The summed E-state index contributed by atoms with van der Waals surface area (Å²) in [4.78, 5) is 13.7. The Balaban J connectivity index is 2.70. The highest BCUT2D eigenvalue weighted by Crippen LogP contribution is 2.16. The minimum absolute atomic E-state index is 0.240. The van der Waals surface area contributed by atoms with Gasteiger partial charge in [-0.1, -0.05) is 18.2 Å². The summed E-state index contributed by atoms with van der Waals surface area (Å²) in [6.07, 6.45) is 0.240. The molecule has 1 rings (SSSR count). The molecule has 0 saturated heterocycles. The van der Waals surface area contributed by atoms with Gasteiger partial charge in [-0.25, -0.2) is 0 Å². The van der Waals surface area contributed by atoms with Gasteiger partial charge in [0.05, 0.1) is 18.7 Å². The Morgan fingerprint density at radius 3 is 2.86 bits per heavy atom. The van der Waals surface area contributed by atoms with E-state index in [0.29, 0.717) is 6.61 Å². The van der Waals surface area contributed by atoms with Crippen LogP contribution >= 0.6 is 11.8 Å². The molecule has 0 unspecified atom stereocenters. The molecule has 0 atom stereocenters. The van der Waals surface area contributed by atoms with Crippen molar-refractivity contribution in [1.82, 2.24) is 0 Å². The zero-order chi connectivity index (χ0) is 10.4. The summed E-state index contributed by atoms with van der Waals surface area (Å²) in [5, 5.41) is 0. The van der Waals surface area contributed by atoms with Crippen molar-refractivity contribution in [2.24, 2.45) is 0 Å². The number of carbonyl (C=O) groups excluding carboxylic acids is 1. The predicted molar refractivity (Wildman–Crippen MR) is 56.3 cm³/mol. The number of esters is 1. The number of nitrogens with one attached hydrogen (secondary N) is 1. The fraction of sp³-hybridized carbons (Fsp3) is 0.300. The molecule has 0 aliphatic rings. The summed E-state index contributed by atoms with van der Waals surface area (Å²) in [6, 6.07) is 7.34. The van der Waals surface area contributed by atoms with Gasteiger partial charge in [-0.3, -0.25) is 9.63 Å². The van der Waals surface area contributed by atoms with Crippen molar-refractivity contribution in [2.75, 3.05) is 11.4 Å². The first kappa shape index (κ1) is 10.9. The number of carbonyl (C=O) groups is 1. The minimum atomic E-state index is -0.244. The first-order valence-electron chi connectivity index (χ1n) is 4.38. The highest BCUT2D eigenvalue weighted by atomic mass is 35.5. The topological polar surface area (TPSA) is 38.3 Å². The Labute approximate surface area is 88.1 Å². The molecular formula is C10H12ClNO2. The highest BCUT2D eigenvalue weighted by Gasteiger charge is 2.07. The lowest BCUT2D eigenvalue weighted by Gasteiger charge is -2.06. The van der Waals surface area contributed by atoms with Crippen LogP contribution in [0.4, 0.5) is 5.69 Å². The Kier molecular flexibility index (Phi) is 4.26. The molecular weight excluding hydrogens is 202 g/mol. The standard InChI is InChI=1S/C10H12ClNO2/c1-2-14-10(13)7-8-5-3-4-6-9(8)12-11/h3-6,12H,2,7H2,1H3. The predicted octanol–water partition coefficient (Wildman–Crippen LogP) is 2.36. The van der Waals surface area contributed by atoms with Crippen molar-refractivity contribution in [2.45, 2.75) is 13.3 Å². The largest absolute Gasteiger partial charge is 0.466 e. The van der Waals surface area contributed by atoms with Crippen LogP contribution in [0.25, 0.3) is 0 Å². The number of halogens is 1. The molecule has 0 saturated carbocycles. The first-order valence-corrected chi connectivity index (χ1v) is 4.76. The van der Waals surface area contributed by atoms with Gasteiger partial charge in [0.2, 0.25) is 0 Å². The molecule has 0 fully saturated rings. The maximum absolute atomic E-state index is 11.2. The Bertz CT molecular complexity index is 315. The van der Waals surface area contributed by atoms with Crippen molar-refractivity contribution in [1.29, 1.82) is 0 Å². The van der Waals surface area contributed by atoms with Gasteiger partial charge in [0.25, 0.3) is 0 Å². The van der Waals surface area contributed by atoms with Crippen molar-refractivity contribution in [3.63, 3.8) is 0 Å². The van der Waals surface area contributed by atoms with E-state index in [0.717, 1.165) is 11.3 Å². The van der Waals surface area contributed by atoms with Crippen LogP contribution in [0.3, 0.4) is 0 Å². The molecule has 1 aromatic carbocycles. The average Bonchev–Trinajstić information content (AvgIpc) is 2.19. The highest BCUT2D eigenvalue weighted by molar-refractivity contribution is 6.24. The summed E-state index contributed by atoms with van der Waals surface area (Å²) >= 11 is 5.49.